The van der Waals surface area contributed by atoms with Crippen LogP contribution in [0.3, 0.4) is 0 Å². The van der Waals surface area contributed by atoms with Gasteiger partial charge in [-0.2, -0.15) is 0 Å². The maximum atomic E-state index is 5.67. The molecule has 1 fully saturated rings. The summed E-state index contributed by atoms with van der Waals surface area (Å²) in [4.78, 5) is 12.4. The normalized spacial score (nSPS) is 18.8. The van der Waals surface area contributed by atoms with Crippen molar-refractivity contribution in [2.75, 3.05) is 25.1 Å². The number of anilines is 1. The topological polar surface area (TPSA) is 38.2 Å². The Morgan fingerprint density at radius 3 is 3.15 bits per heavy atom. The highest BCUT2D eigenvalue weighted by Gasteiger charge is 2.16. The molecule has 4 nitrogen and oxygen atoms in total. The van der Waals surface area contributed by atoms with Gasteiger partial charge in [0.2, 0.25) is 0 Å². The zero-order chi connectivity index (χ0) is 13.9. The summed E-state index contributed by atoms with van der Waals surface area (Å²) in [5, 5.41) is 3.25. The molecule has 20 heavy (non-hydrogen) atoms. The fraction of sp³-hybridized carbons (Fsp3) is 0.600. The fourth-order valence-electron chi connectivity index (χ4n) is 2.77. The average Bonchev–Trinajstić information content (AvgIpc) is 3.08. The van der Waals surface area contributed by atoms with E-state index in [9.17, 15) is 0 Å². The average molecular weight is 291 g/mol. The summed E-state index contributed by atoms with van der Waals surface area (Å²) < 4.78 is 5.67. The molecule has 3 rings (SSSR count). The van der Waals surface area contributed by atoms with Gasteiger partial charge in [0.25, 0.3) is 0 Å². The molecule has 0 spiro atoms. The highest BCUT2D eigenvalue weighted by atomic mass is 32.1. The van der Waals surface area contributed by atoms with Crippen LogP contribution in [0.1, 0.15) is 31.5 Å². The van der Waals surface area contributed by atoms with Crippen molar-refractivity contribution in [2.45, 2.75) is 38.7 Å². The molecule has 1 saturated heterocycles. The van der Waals surface area contributed by atoms with E-state index in [4.69, 9.17) is 4.74 Å². The number of aromatic nitrogens is 2. The maximum Gasteiger partial charge on any atom is 0.140 e. The second-order valence-electron chi connectivity index (χ2n) is 5.43. The van der Waals surface area contributed by atoms with E-state index in [-0.39, 0.29) is 0 Å². The molecule has 0 aliphatic carbocycles. The first-order chi connectivity index (χ1) is 9.74. The number of hydrogen-bond acceptors (Lipinski definition) is 5. The Bertz CT molecular complexity index is 578. The molecule has 0 saturated carbocycles. The Hall–Kier alpha value is -1.20. The summed E-state index contributed by atoms with van der Waals surface area (Å²) in [5.74, 6) is 1.90. The fourth-order valence-corrected chi connectivity index (χ4v) is 3.57. The van der Waals surface area contributed by atoms with Gasteiger partial charge >= 0.3 is 0 Å². The van der Waals surface area contributed by atoms with Crippen molar-refractivity contribution >= 4 is 27.4 Å². The molecule has 0 radical (unpaired) electrons. The third-order valence-corrected chi connectivity index (χ3v) is 4.63. The molecule has 0 aromatic carbocycles. The van der Waals surface area contributed by atoms with E-state index in [0.29, 0.717) is 6.10 Å². The lowest BCUT2D eigenvalue weighted by Gasteiger charge is -2.20. The summed E-state index contributed by atoms with van der Waals surface area (Å²) in [5.41, 5.74) is 0. The molecular weight excluding hydrogens is 270 g/mol. The summed E-state index contributed by atoms with van der Waals surface area (Å²) in [6.45, 7) is 3.92. The lowest BCUT2D eigenvalue weighted by Crippen LogP contribution is -2.21. The Morgan fingerprint density at radius 1 is 1.45 bits per heavy atom. The maximum absolute atomic E-state index is 5.67. The zero-order valence-corrected chi connectivity index (χ0v) is 12.9. The zero-order valence-electron chi connectivity index (χ0n) is 12.1. The second-order valence-corrected chi connectivity index (χ2v) is 6.33. The van der Waals surface area contributed by atoms with E-state index in [2.05, 4.69) is 33.4 Å². The summed E-state index contributed by atoms with van der Waals surface area (Å²) in [6.07, 6.45) is 5.24. The van der Waals surface area contributed by atoms with E-state index < -0.39 is 0 Å². The van der Waals surface area contributed by atoms with Gasteiger partial charge in [-0.05, 0) is 44.1 Å². The SMILES string of the molecule is Cc1nc(N(C)CCC[C@H]2CCCO2)c2ccsc2n1. The van der Waals surface area contributed by atoms with Crippen molar-refractivity contribution < 1.29 is 4.74 Å². The first-order valence-corrected chi connectivity index (χ1v) is 8.16. The molecule has 2 aromatic rings. The van der Waals surface area contributed by atoms with Crippen molar-refractivity contribution in [1.82, 2.24) is 9.97 Å². The molecule has 2 aromatic heterocycles. The van der Waals surface area contributed by atoms with Gasteiger partial charge in [0, 0.05) is 20.2 Å². The number of fused-ring (bicyclic) bond motifs is 1. The molecule has 0 unspecified atom stereocenters. The van der Waals surface area contributed by atoms with Gasteiger partial charge in [-0.15, -0.1) is 11.3 Å². The van der Waals surface area contributed by atoms with Gasteiger partial charge in [-0.1, -0.05) is 0 Å². The molecule has 3 heterocycles. The number of thiophene rings is 1. The summed E-state index contributed by atoms with van der Waals surface area (Å²) in [7, 11) is 2.12. The third-order valence-electron chi connectivity index (χ3n) is 3.82. The van der Waals surface area contributed by atoms with E-state index in [0.717, 1.165) is 42.5 Å². The molecule has 5 heteroatoms. The van der Waals surface area contributed by atoms with Crippen molar-refractivity contribution in [3.05, 3.63) is 17.3 Å². The van der Waals surface area contributed by atoms with E-state index in [1.807, 2.05) is 6.92 Å². The molecular formula is C15H21N3OS. The standard InChI is InChI=1S/C15H21N3OS/c1-11-16-14(13-7-10-20-15(13)17-11)18(2)8-3-5-12-6-4-9-19-12/h7,10,12H,3-6,8-9H2,1-2H3/t12-/m0/s1. The van der Waals surface area contributed by atoms with Crippen LogP contribution in [-0.2, 0) is 4.74 Å². The first kappa shape index (κ1) is 13.8. The van der Waals surface area contributed by atoms with Crippen LogP contribution >= 0.6 is 11.3 Å². The first-order valence-electron chi connectivity index (χ1n) is 7.28. The third kappa shape index (κ3) is 2.94. The van der Waals surface area contributed by atoms with Crippen LogP contribution in [0.25, 0.3) is 10.2 Å². The van der Waals surface area contributed by atoms with E-state index in [1.165, 1.54) is 18.2 Å². The largest absolute Gasteiger partial charge is 0.378 e. The Balaban J connectivity index is 1.65. The number of nitrogens with zero attached hydrogens (tertiary/aromatic N) is 3. The number of hydrogen-bond donors (Lipinski definition) is 0. The number of rotatable bonds is 5. The van der Waals surface area contributed by atoms with Gasteiger partial charge in [-0.25, -0.2) is 9.97 Å². The second kappa shape index (κ2) is 6.06. The highest BCUT2D eigenvalue weighted by Crippen LogP contribution is 2.27. The van der Waals surface area contributed by atoms with Gasteiger partial charge in [0.05, 0.1) is 11.5 Å². The van der Waals surface area contributed by atoms with Crippen LogP contribution in [0.4, 0.5) is 5.82 Å². The lowest BCUT2D eigenvalue weighted by molar-refractivity contribution is 0.103. The van der Waals surface area contributed by atoms with Crippen molar-refractivity contribution in [3.8, 4) is 0 Å². The predicted octanol–water partition coefficient (Wildman–Crippen LogP) is 3.40. The molecule has 108 valence electrons. The predicted molar refractivity (Wildman–Crippen MR) is 83.6 cm³/mol. The van der Waals surface area contributed by atoms with Crippen molar-refractivity contribution in [1.29, 1.82) is 0 Å². The van der Waals surface area contributed by atoms with E-state index >= 15 is 0 Å². The van der Waals surface area contributed by atoms with Gasteiger partial charge in [0.1, 0.15) is 16.5 Å². The quantitative estimate of drug-likeness (QED) is 0.846. The minimum Gasteiger partial charge on any atom is -0.378 e. The minimum absolute atomic E-state index is 0.483. The Morgan fingerprint density at radius 2 is 2.35 bits per heavy atom. The van der Waals surface area contributed by atoms with Crippen LogP contribution in [0.2, 0.25) is 0 Å². The number of aryl methyl sites for hydroxylation is 1. The van der Waals surface area contributed by atoms with Crippen LogP contribution < -0.4 is 4.90 Å². The smallest absolute Gasteiger partial charge is 0.140 e. The van der Waals surface area contributed by atoms with Crippen molar-refractivity contribution in [2.24, 2.45) is 0 Å². The van der Waals surface area contributed by atoms with Crippen molar-refractivity contribution in [3.63, 3.8) is 0 Å². The minimum atomic E-state index is 0.483. The Kier molecular flexibility index (Phi) is 4.17. The highest BCUT2D eigenvalue weighted by molar-refractivity contribution is 7.16. The molecule has 1 aliphatic rings. The van der Waals surface area contributed by atoms with Gasteiger partial charge in [0.15, 0.2) is 0 Å². The van der Waals surface area contributed by atoms with E-state index in [1.54, 1.807) is 11.3 Å². The van der Waals surface area contributed by atoms with Gasteiger partial charge in [-0.3, -0.25) is 0 Å². The van der Waals surface area contributed by atoms with Gasteiger partial charge < -0.3 is 9.64 Å². The van der Waals surface area contributed by atoms with Crippen LogP contribution in [-0.4, -0.2) is 36.3 Å². The monoisotopic (exact) mass is 291 g/mol. The van der Waals surface area contributed by atoms with Crippen LogP contribution in [0.5, 0.6) is 0 Å². The van der Waals surface area contributed by atoms with Crippen LogP contribution in [0, 0.1) is 6.92 Å². The lowest BCUT2D eigenvalue weighted by atomic mass is 10.1. The molecule has 0 amide bonds. The summed E-state index contributed by atoms with van der Waals surface area (Å²) >= 11 is 1.68. The molecule has 1 atom stereocenters. The molecule has 0 N–H and O–H groups in total. The van der Waals surface area contributed by atoms with Crippen LogP contribution in [0.15, 0.2) is 11.4 Å². The Labute approximate surface area is 123 Å². The molecule has 1 aliphatic heterocycles. The molecule has 0 bridgehead atoms. The number of ether oxygens (including phenoxy) is 1. The summed E-state index contributed by atoms with van der Waals surface area (Å²) in [6, 6.07) is 2.12.